The van der Waals surface area contributed by atoms with E-state index in [1.54, 1.807) is 0 Å². The molecule has 0 aliphatic rings. The highest BCUT2D eigenvalue weighted by molar-refractivity contribution is 6.09. The van der Waals surface area contributed by atoms with Crippen molar-refractivity contribution in [2.24, 2.45) is 5.73 Å². The van der Waals surface area contributed by atoms with Gasteiger partial charge in [0.2, 0.25) is 5.91 Å². The molecule has 0 radical (unpaired) electrons. The van der Waals surface area contributed by atoms with E-state index in [1.165, 1.54) is 12.3 Å². The molecule has 5 heteroatoms. The van der Waals surface area contributed by atoms with Gasteiger partial charge in [0.25, 0.3) is 5.91 Å². The molecular weight excluding hydrogens is 266 g/mol. The lowest BCUT2D eigenvalue weighted by molar-refractivity contribution is 0.0999. The fourth-order valence-corrected chi connectivity index (χ4v) is 2.19. The van der Waals surface area contributed by atoms with Crippen LogP contribution in [0.5, 0.6) is 0 Å². The second-order valence-corrected chi connectivity index (χ2v) is 4.65. The van der Waals surface area contributed by atoms with Gasteiger partial charge in [0, 0.05) is 17.3 Å². The van der Waals surface area contributed by atoms with Crippen LogP contribution in [0.2, 0.25) is 0 Å². The molecule has 21 heavy (non-hydrogen) atoms. The molecule has 0 atom stereocenters. The predicted molar refractivity (Wildman–Crippen MR) is 81.2 cm³/mol. The molecule has 1 heterocycles. The topological polar surface area (TPSA) is 88.0 Å². The van der Waals surface area contributed by atoms with Crippen molar-refractivity contribution in [3.63, 3.8) is 0 Å². The molecule has 0 saturated carbocycles. The van der Waals surface area contributed by atoms with E-state index in [0.717, 1.165) is 10.8 Å². The number of carbonyl (C=O) groups is 2. The Labute approximate surface area is 120 Å². The molecule has 2 amide bonds. The van der Waals surface area contributed by atoms with Crippen LogP contribution in [0, 0.1) is 0 Å². The molecule has 4 N–H and O–H groups in total. The third-order valence-corrected chi connectivity index (χ3v) is 3.25. The number of aromatic amines is 1. The van der Waals surface area contributed by atoms with E-state index < -0.39 is 5.91 Å². The molecule has 2 aromatic carbocycles. The van der Waals surface area contributed by atoms with Gasteiger partial charge in [-0.2, -0.15) is 0 Å². The second-order valence-electron chi connectivity index (χ2n) is 4.65. The summed E-state index contributed by atoms with van der Waals surface area (Å²) in [4.78, 5) is 26.0. The zero-order valence-corrected chi connectivity index (χ0v) is 11.1. The molecule has 0 fully saturated rings. The van der Waals surface area contributed by atoms with Gasteiger partial charge in [-0.3, -0.25) is 9.59 Å². The Kier molecular flexibility index (Phi) is 3.16. The summed E-state index contributed by atoms with van der Waals surface area (Å²) >= 11 is 0. The fraction of sp³-hybridized carbons (Fsp3) is 0. The molecule has 104 valence electrons. The minimum absolute atomic E-state index is 0.276. The number of rotatable bonds is 3. The molecule has 0 aliphatic heterocycles. The van der Waals surface area contributed by atoms with Gasteiger partial charge in [0.05, 0.1) is 5.56 Å². The summed E-state index contributed by atoms with van der Waals surface area (Å²) in [6.45, 7) is 0. The van der Waals surface area contributed by atoms with Gasteiger partial charge in [-0.05, 0) is 17.5 Å². The third kappa shape index (κ3) is 2.49. The number of carbonyl (C=O) groups excluding carboxylic acids is 2. The summed E-state index contributed by atoms with van der Waals surface area (Å²) in [5, 5.41) is 4.83. The SMILES string of the molecule is NC(=O)c1c[nH]c(C(=O)Nc2cccc3ccccc23)c1. The Balaban J connectivity index is 1.91. The van der Waals surface area contributed by atoms with Crippen molar-refractivity contribution in [2.75, 3.05) is 5.32 Å². The Morgan fingerprint density at radius 1 is 1.05 bits per heavy atom. The summed E-state index contributed by atoms with van der Waals surface area (Å²) in [5.74, 6) is -0.894. The molecule has 3 aromatic rings. The van der Waals surface area contributed by atoms with E-state index in [9.17, 15) is 9.59 Å². The number of benzene rings is 2. The number of nitrogens with one attached hydrogen (secondary N) is 2. The number of aromatic nitrogens is 1. The van der Waals surface area contributed by atoms with Crippen molar-refractivity contribution >= 4 is 28.3 Å². The molecule has 0 aliphatic carbocycles. The quantitative estimate of drug-likeness (QED) is 0.687. The smallest absolute Gasteiger partial charge is 0.272 e. The lowest BCUT2D eigenvalue weighted by Gasteiger charge is -2.07. The van der Waals surface area contributed by atoms with Crippen LogP contribution in [0.25, 0.3) is 10.8 Å². The fourth-order valence-electron chi connectivity index (χ4n) is 2.19. The number of hydrogen-bond acceptors (Lipinski definition) is 2. The van der Waals surface area contributed by atoms with E-state index in [2.05, 4.69) is 10.3 Å². The predicted octanol–water partition coefficient (Wildman–Crippen LogP) is 2.52. The first-order valence-corrected chi connectivity index (χ1v) is 6.42. The van der Waals surface area contributed by atoms with Crippen LogP contribution in [0.4, 0.5) is 5.69 Å². The highest BCUT2D eigenvalue weighted by Crippen LogP contribution is 2.23. The van der Waals surface area contributed by atoms with Crippen LogP contribution in [0.1, 0.15) is 20.8 Å². The summed E-state index contributed by atoms with van der Waals surface area (Å²) in [7, 11) is 0. The van der Waals surface area contributed by atoms with Gasteiger partial charge in [0.15, 0.2) is 0 Å². The third-order valence-electron chi connectivity index (χ3n) is 3.25. The van der Waals surface area contributed by atoms with Gasteiger partial charge in [-0.1, -0.05) is 36.4 Å². The minimum atomic E-state index is -0.574. The standard InChI is InChI=1S/C16H13N3O2/c17-15(20)11-8-14(18-9-11)16(21)19-13-7-3-5-10-4-1-2-6-12(10)13/h1-9,18H,(H2,17,20)(H,19,21). The molecular formula is C16H13N3O2. The molecule has 5 nitrogen and oxygen atoms in total. The summed E-state index contributed by atoms with van der Waals surface area (Å²) in [6, 6.07) is 14.9. The number of fused-ring (bicyclic) bond motifs is 1. The Hall–Kier alpha value is -3.08. The summed E-state index contributed by atoms with van der Waals surface area (Å²) < 4.78 is 0. The number of primary amides is 1. The van der Waals surface area contributed by atoms with Crippen LogP contribution >= 0.6 is 0 Å². The maximum Gasteiger partial charge on any atom is 0.272 e. The van der Waals surface area contributed by atoms with Crippen molar-refractivity contribution in [3.8, 4) is 0 Å². The van der Waals surface area contributed by atoms with E-state index in [1.807, 2.05) is 42.5 Å². The highest BCUT2D eigenvalue weighted by atomic mass is 16.2. The van der Waals surface area contributed by atoms with Crippen molar-refractivity contribution in [3.05, 3.63) is 66.0 Å². The lowest BCUT2D eigenvalue weighted by Crippen LogP contribution is -2.13. The highest BCUT2D eigenvalue weighted by Gasteiger charge is 2.12. The van der Waals surface area contributed by atoms with E-state index in [0.29, 0.717) is 5.69 Å². The van der Waals surface area contributed by atoms with Crippen molar-refractivity contribution in [2.45, 2.75) is 0 Å². The summed E-state index contributed by atoms with van der Waals surface area (Å²) in [6.07, 6.45) is 1.42. The van der Waals surface area contributed by atoms with Crippen molar-refractivity contribution in [1.82, 2.24) is 4.98 Å². The average Bonchev–Trinajstić information content (AvgIpc) is 2.98. The molecule has 0 bridgehead atoms. The van der Waals surface area contributed by atoms with Gasteiger partial charge in [0.1, 0.15) is 5.69 Å². The van der Waals surface area contributed by atoms with Crippen LogP contribution in [0.15, 0.2) is 54.7 Å². The zero-order valence-electron chi connectivity index (χ0n) is 11.1. The van der Waals surface area contributed by atoms with Crippen molar-refractivity contribution in [1.29, 1.82) is 0 Å². The van der Waals surface area contributed by atoms with Crippen LogP contribution < -0.4 is 11.1 Å². The van der Waals surface area contributed by atoms with E-state index >= 15 is 0 Å². The number of anilines is 1. The number of nitrogens with two attached hydrogens (primary N) is 1. The van der Waals surface area contributed by atoms with E-state index in [-0.39, 0.29) is 17.2 Å². The van der Waals surface area contributed by atoms with Crippen LogP contribution in [-0.2, 0) is 0 Å². The zero-order chi connectivity index (χ0) is 14.8. The normalized spacial score (nSPS) is 10.5. The first-order valence-electron chi connectivity index (χ1n) is 6.42. The Morgan fingerprint density at radius 3 is 2.57 bits per heavy atom. The second kappa shape index (κ2) is 5.13. The Bertz CT molecular complexity index is 831. The van der Waals surface area contributed by atoms with Crippen molar-refractivity contribution < 1.29 is 9.59 Å². The largest absolute Gasteiger partial charge is 0.366 e. The number of hydrogen-bond donors (Lipinski definition) is 3. The Morgan fingerprint density at radius 2 is 1.81 bits per heavy atom. The molecule has 3 rings (SSSR count). The van der Waals surface area contributed by atoms with E-state index in [4.69, 9.17) is 5.73 Å². The van der Waals surface area contributed by atoms with Crippen LogP contribution in [-0.4, -0.2) is 16.8 Å². The lowest BCUT2D eigenvalue weighted by atomic mass is 10.1. The van der Waals surface area contributed by atoms with Gasteiger partial charge >= 0.3 is 0 Å². The van der Waals surface area contributed by atoms with Crippen LogP contribution in [0.3, 0.4) is 0 Å². The minimum Gasteiger partial charge on any atom is -0.366 e. The molecule has 0 spiro atoms. The number of amides is 2. The van der Waals surface area contributed by atoms with Gasteiger partial charge in [-0.15, -0.1) is 0 Å². The molecule has 0 saturated heterocycles. The van der Waals surface area contributed by atoms with Gasteiger partial charge in [-0.25, -0.2) is 0 Å². The van der Waals surface area contributed by atoms with Gasteiger partial charge < -0.3 is 16.0 Å². The maximum absolute atomic E-state index is 12.2. The summed E-state index contributed by atoms with van der Waals surface area (Å²) in [5.41, 5.74) is 6.44. The number of H-pyrrole nitrogens is 1. The average molecular weight is 279 g/mol. The first kappa shape index (κ1) is 12.9. The maximum atomic E-state index is 12.2. The molecule has 0 unspecified atom stereocenters. The molecule has 1 aromatic heterocycles. The first-order chi connectivity index (χ1) is 10.1. The monoisotopic (exact) mass is 279 g/mol.